The van der Waals surface area contributed by atoms with Crippen LogP contribution in [0.4, 0.5) is 0 Å². The van der Waals surface area contributed by atoms with Crippen LogP contribution in [0, 0.1) is 0 Å². The van der Waals surface area contributed by atoms with Gasteiger partial charge in [-0.25, -0.2) is 9.59 Å². The normalized spacial score (nSPS) is 12.6. The molecule has 0 saturated carbocycles. The lowest BCUT2D eigenvalue weighted by Gasteiger charge is -2.21. The van der Waals surface area contributed by atoms with Crippen molar-refractivity contribution in [2.45, 2.75) is 38.8 Å². The molecule has 0 spiro atoms. The number of hydrogen-bond acceptors (Lipinski definition) is 6. The molecule has 0 fully saturated rings. The fourth-order valence-corrected chi connectivity index (χ4v) is 1.08. The van der Waals surface area contributed by atoms with Crippen LogP contribution in [-0.4, -0.2) is 48.2 Å². The highest BCUT2D eigenvalue weighted by molar-refractivity contribution is 5.87. The van der Waals surface area contributed by atoms with Gasteiger partial charge in [0.15, 0.2) is 0 Å². The molecule has 0 aliphatic rings. The topological polar surface area (TPSA) is 114 Å². The standard InChI is InChI=1S/C11H20N2O6/c1-11(2,3)12-6-8(14)13-7(10(16)17)5-9(15)19-18-4/h7,12H,5-6H2,1-4H3,(H,13,14)(H,16,17). The van der Waals surface area contributed by atoms with Gasteiger partial charge in [-0.2, -0.15) is 4.89 Å². The highest BCUT2D eigenvalue weighted by atomic mass is 17.2. The smallest absolute Gasteiger partial charge is 0.345 e. The Bertz CT molecular complexity index is 337. The number of aliphatic carboxylic acids is 1. The van der Waals surface area contributed by atoms with Crippen LogP contribution in [0.5, 0.6) is 0 Å². The van der Waals surface area contributed by atoms with Crippen molar-refractivity contribution in [3.8, 4) is 0 Å². The molecule has 0 rings (SSSR count). The van der Waals surface area contributed by atoms with Gasteiger partial charge in [-0.3, -0.25) is 9.68 Å². The van der Waals surface area contributed by atoms with E-state index in [0.29, 0.717) is 0 Å². The summed E-state index contributed by atoms with van der Waals surface area (Å²) in [6.45, 7) is 5.55. The summed E-state index contributed by atoms with van der Waals surface area (Å²) in [6.07, 6.45) is -0.509. The molecular formula is C11H20N2O6. The summed E-state index contributed by atoms with van der Waals surface area (Å²) < 4.78 is 0. The van der Waals surface area contributed by atoms with Crippen molar-refractivity contribution in [2.24, 2.45) is 0 Å². The van der Waals surface area contributed by atoms with Gasteiger partial charge in [0.1, 0.15) is 6.04 Å². The van der Waals surface area contributed by atoms with Crippen molar-refractivity contribution in [1.82, 2.24) is 10.6 Å². The number of carboxylic acids is 1. The minimum Gasteiger partial charge on any atom is -0.480 e. The molecule has 0 heterocycles. The van der Waals surface area contributed by atoms with Gasteiger partial charge in [-0.05, 0) is 20.8 Å². The zero-order valence-electron chi connectivity index (χ0n) is 11.5. The fourth-order valence-electron chi connectivity index (χ4n) is 1.08. The SMILES string of the molecule is COOC(=O)CC(NC(=O)CNC(C)(C)C)C(=O)O. The van der Waals surface area contributed by atoms with Gasteiger partial charge >= 0.3 is 11.9 Å². The monoisotopic (exact) mass is 276 g/mol. The third-order valence-electron chi connectivity index (χ3n) is 1.96. The average Bonchev–Trinajstić information content (AvgIpc) is 2.24. The minimum atomic E-state index is -1.35. The Balaban J connectivity index is 4.31. The van der Waals surface area contributed by atoms with E-state index >= 15 is 0 Å². The molecule has 3 N–H and O–H groups in total. The highest BCUT2D eigenvalue weighted by Crippen LogP contribution is 1.98. The van der Waals surface area contributed by atoms with Gasteiger partial charge in [0.05, 0.1) is 20.1 Å². The molecule has 0 saturated heterocycles. The Kier molecular flexibility index (Phi) is 7.02. The third-order valence-corrected chi connectivity index (χ3v) is 1.96. The van der Waals surface area contributed by atoms with Crippen LogP contribution in [0.15, 0.2) is 0 Å². The first-order valence-electron chi connectivity index (χ1n) is 5.66. The molecule has 0 aliphatic heterocycles. The summed E-state index contributed by atoms with van der Waals surface area (Å²) >= 11 is 0. The number of carbonyl (C=O) groups is 3. The maximum absolute atomic E-state index is 11.5. The second kappa shape index (κ2) is 7.70. The van der Waals surface area contributed by atoms with E-state index in [1.807, 2.05) is 20.8 Å². The van der Waals surface area contributed by atoms with Crippen molar-refractivity contribution >= 4 is 17.8 Å². The summed E-state index contributed by atoms with van der Waals surface area (Å²) in [5, 5.41) is 14.0. The third kappa shape index (κ3) is 8.97. The Morgan fingerprint density at radius 1 is 1.26 bits per heavy atom. The largest absolute Gasteiger partial charge is 0.480 e. The summed E-state index contributed by atoms with van der Waals surface area (Å²) in [4.78, 5) is 41.8. The second-order valence-corrected chi connectivity index (χ2v) is 4.89. The van der Waals surface area contributed by atoms with Gasteiger partial charge in [0, 0.05) is 5.54 Å². The molecule has 1 unspecified atom stereocenters. The molecule has 0 aromatic carbocycles. The number of carboxylic acid groups (broad SMARTS) is 1. The molecule has 1 atom stereocenters. The number of amides is 1. The molecule has 0 aromatic rings. The van der Waals surface area contributed by atoms with Crippen LogP contribution in [0.3, 0.4) is 0 Å². The molecule has 0 aromatic heterocycles. The zero-order chi connectivity index (χ0) is 15.1. The van der Waals surface area contributed by atoms with Crippen molar-refractivity contribution in [1.29, 1.82) is 0 Å². The van der Waals surface area contributed by atoms with Gasteiger partial charge in [-0.15, -0.1) is 0 Å². The summed E-state index contributed by atoms with van der Waals surface area (Å²) in [5.41, 5.74) is -0.273. The van der Waals surface area contributed by atoms with Crippen LogP contribution >= 0.6 is 0 Å². The van der Waals surface area contributed by atoms with Gasteiger partial charge in [0.2, 0.25) is 5.91 Å². The van der Waals surface area contributed by atoms with E-state index < -0.39 is 30.3 Å². The lowest BCUT2D eigenvalue weighted by molar-refractivity contribution is -0.255. The molecule has 19 heavy (non-hydrogen) atoms. The van der Waals surface area contributed by atoms with E-state index in [-0.39, 0.29) is 12.1 Å². The first kappa shape index (κ1) is 17.3. The molecule has 110 valence electrons. The molecule has 0 bridgehead atoms. The van der Waals surface area contributed by atoms with Crippen molar-refractivity contribution in [2.75, 3.05) is 13.7 Å². The van der Waals surface area contributed by atoms with Gasteiger partial charge in [0.25, 0.3) is 0 Å². The van der Waals surface area contributed by atoms with Crippen LogP contribution in [-0.2, 0) is 24.2 Å². The quantitative estimate of drug-likeness (QED) is 0.422. The number of hydrogen-bond donors (Lipinski definition) is 3. The molecule has 1 amide bonds. The van der Waals surface area contributed by atoms with Crippen molar-refractivity contribution in [3.05, 3.63) is 0 Å². The Morgan fingerprint density at radius 3 is 2.26 bits per heavy atom. The lowest BCUT2D eigenvalue weighted by atomic mass is 10.1. The van der Waals surface area contributed by atoms with E-state index in [0.717, 1.165) is 7.11 Å². The van der Waals surface area contributed by atoms with E-state index in [2.05, 4.69) is 20.4 Å². The van der Waals surface area contributed by atoms with E-state index in [9.17, 15) is 14.4 Å². The Hall–Kier alpha value is -1.67. The maximum atomic E-state index is 11.5. The van der Waals surface area contributed by atoms with Crippen LogP contribution in [0.25, 0.3) is 0 Å². The predicted molar refractivity (Wildman–Crippen MR) is 65.0 cm³/mol. The van der Waals surface area contributed by atoms with E-state index in [1.54, 1.807) is 0 Å². The van der Waals surface area contributed by atoms with Crippen molar-refractivity contribution < 1.29 is 29.3 Å². The van der Waals surface area contributed by atoms with Crippen LogP contribution < -0.4 is 10.6 Å². The van der Waals surface area contributed by atoms with Gasteiger partial charge < -0.3 is 15.7 Å². The molecule has 0 aliphatic carbocycles. The number of rotatable bonds is 7. The zero-order valence-corrected chi connectivity index (χ0v) is 11.5. The second-order valence-electron chi connectivity index (χ2n) is 4.89. The fraction of sp³-hybridized carbons (Fsp3) is 0.727. The van der Waals surface area contributed by atoms with Crippen LogP contribution in [0.2, 0.25) is 0 Å². The summed E-state index contributed by atoms with van der Waals surface area (Å²) in [6, 6.07) is -1.35. The Morgan fingerprint density at radius 2 is 1.84 bits per heavy atom. The molecule has 8 nitrogen and oxygen atoms in total. The minimum absolute atomic E-state index is 0.0490. The Labute approximate surface area is 111 Å². The van der Waals surface area contributed by atoms with Crippen molar-refractivity contribution in [3.63, 3.8) is 0 Å². The average molecular weight is 276 g/mol. The van der Waals surface area contributed by atoms with E-state index in [4.69, 9.17) is 5.11 Å². The highest BCUT2D eigenvalue weighted by Gasteiger charge is 2.24. The number of carbonyl (C=O) groups excluding carboxylic acids is 2. The summed E-state index contributed by atoms with van der Waals surface area (Å²) in [5.74, 6) is -2.72. The van der Waals surface area contributed by atoms with E-state index in [1.165, 1.54) is 0 Å². The molecule has 0 radical (unpaired) electrons. The molecular weight excluding hydrogens is 256 g/mol. The van der Waals surface area contributed by atoms with Crippen LogP contribution in [0.1, 0.15) is 27.2 Å². The molecule has 8 heteroatoms. The van der Waals surface area contributed by atoms with Gasteiger partial charge in [-0.1, -0.05) is 0 Å². The first-order chi connectivity index (χ1) is 8.65. The number of nitrogens with one attached hydrogen (secondary N) is 2. The summed E-state index contributed by atoms with van der Waals surface area (Å²) in [7, 11) is 1.12. The predicted octanol–water partition coefficient (Wildman–Crippen LogP) is -0.561. The first-order valence-corrected chi connectivity index (χ1v) is 5.66. The lowest BCUT2D eigenvalue weighted by Crippen LogP contribution is -2.48. The maximum Gasteiger partial charge on any atom is 0.345 e.